The van der Waals surface area contributed by atoms with E-state index < -0.39 is 0 Å². The average Bonchev–Trinajstić information content (AvgIpc) is 3.09. The summed E-state index contributed by atoms with van der Waals surface area (Å²) in [7, 11) is 1.38. The first-order valence-electron chi connectivity index (χ1n) is 7.62. The number of benzene rings is 1. The highest BCUT2D eigenvalue weighted by atomic mass is 32.1. The molecule has 1 unspecified atom stereocenters. The second kappa shape index (κ2) is 7.68. The third-order valence-corrected chi connectivity index (χ3v) is 4.54. The van der Waals surface area contributed by atoms with Gasteiger partial charge in [-0.1, -0.05) is 12.1 Å². The summed E-state index contributed by atoms with van der Waals surface area (Å²) in [6, 6.07) is 7.28. The van der Waals surface area contributed by atoms with Crippen molar-refractivity contribution in [2.24, 2.45) is 0 Å². The number of thiazole rings is 1. The minimum absolute atomic E-state index is 0.125. The summed E-state index contributed by atoms with van der Waals surface area (Å²) in [5, 5.41) is 0. The van der Waals surface area contributed by atoms with E-state index in [0.717, 1.165) is 42.0 Å². The van der Waals surface area contributed by atoms with Crippen LogP contribution in [0.4, 0.5) is 0 Å². The van der Waals surface area contributed by atoms with Gasteiger partial charge in [0.05, 0.1) is 35.4 Å². The molecule has 0 saturated carbocycles. The number of ether oxygens (including phenoxy) is 3. The summed E-state index contributed by atoms with van der Waals surface area (Å²) >= 11 is 1.55. The van der Waals surface area contributed by atoms with E-state index in [-0.39, 0.29) is 12.3 Å². The molecule has 23 heavy (non-hydrogen) atoms. The minimum atomic E-state index is -0.351. The molecular formula is C17H19NO4S. The second-order valence-corrected chi connectivity index (χ2v) is 6.24. The van der Waals surface area contributed by atoms with Crippen molar-refractivity contribution >= 4 is 17.3 Å². The van der Waals surface area contributed by atoms with E-state index in [2.05, 4.69) is 4.98 Å². The van der Waals surface area contributed by atoms with Crippen LogP contribution in [0.5, 0.6) is 0 Å². The molecule has 2 aromatic rings. The lowest BCUT2D eigenvalue weighted by Crippen LogP contribution is -2.21. The molecule has 1 aromatic heterocycles. The highest BCUT2D eigenvalue weighted by Crippen LogP contribution is 2.28. The molecule has 0 amide bonds. The van der Waals surface area contributed by atoms with E-state index >= 15 is 0 Å². The third kappa shape index (κ3) is 3.96. The zero-order valence-corrected chi connectivity index (χ0v) is 13.8. The van der Waals surface area contributed by atoms with E-state index in [4.69, 9.17) is 14.2 Å². The Morgan fingerprint density at radius 3 is 3.13 bits per heavy atom. The Kier molecular flexibility index (Phi) is 5.38. The van der Waals surface area contributed by atoms with Crippen molar-refractivity contribution in [2.45, 2.75) is 32.2 Å². The molecule has 0 radical (unpaired) electrons. The highest BCUT2D eigenvalue weighted by molar-refractivity contribution is 7.10. The standard InChI is InChI=1S/C17H19NO4S/c1-20-17(19)13-6-4-5-12(9-13)16-14(23-11-18-16)10-22-15-7-2-3-8-21-15/h4-6,9,11,15H,2-3,7-8,10H2,1H3. The summed E-state index contributed by atoms with van der Waals surface area (Å²) in [6.45, 7) is 1.23. The Morgan fingerprint density at radius 2 is 2.35 bits per heavy atom. The molecule has 5 nitrogen and oxygen atoms in total. The minimum Gasteiger partial charge on any atom is -0.465 e. The van der Waals surface area contributed by atoms with Crippen molar-refractivity contribution in [3.63, 3.8) is 0 Å². The summed E-state index contributed by atoms with van der Waals surface area (Å²) in [5.74, 6) is -0.351. The van der Waals surface area contributed by atoms with Gasteiger partial charge in [-0.3, -0.25) is 0 Å². The van der Waals surface area contributed by atoms with Gasteiger partial charge in [-0.25, -0.2) is 9.78 Å². The first-order chi connectivity index (χ1) is 11.3. The van der Waals surface area contributed by atoms with Gasteiger partial charge in [0.1, 0.15) is 0 Å². The summed E-state index contributed by atoms with van der Waals surface area (Å²) in [6.07, 6.45) is 3.05. The van der Waals surface area contributed by atoms with Gasteiger partial charge >= 0.3 is 5.97 Å². The molecule has 1 aliphatic heterocycles. The number of carbonyl (C=O) groups is 1. The largest absolute Gasteiger partial charge is 0.465 e. The van der Waals surface area contributed by atoms with Crippen LogP contribution >= 0.6 is 11.3 Å². The Bertz CT molecular complexity index is 664. The fourth-order valence-corrected chi connectivity index (χ4v) is 3.23. The van der Waals surface area contributed by atoms with Gasteiger partial charge in [0.2, 0.25) is 0 Å². The molecule has 0 aliphatic carbocycles. The zero-order chi connectivity index (χ0) is 16.1. The molecule has 1 fully saturated rings. The lowest BCUT2D eigenvalue weighted by Gasteiger charge is -2.22. The molecule has 122 valence electrons. The molecule has 2 heterocycles. The SMILES string of the molecule is COC(=O)c1cccc(-c2ncsc2COC2CCCCO2)c1. The monoisotopic (exact) mass is 333 g/mol. The van der Waals surface area contributed by atoms with Crippen LogP contribution in [0.3, 0.4) is 0 Å². The second-order valence-electron chi connectivity index (χ2n) is 5.30. The first kappa shape index (κ1) is 16.1. The van der Waals surface area contributed by atoms with Crippen LogP contribution in [0, 0.1) is 0 Å². The lowest BCUT2D eigenvalue weighted by molar-refractivity contribution is -0.168. The predicted octanol–water partition coefficient (Wildman–Crippen LogP) is 3.64. The fraction of sp³-hybridized carbons (Fsp3) is 0.412. The van der Waals surface area contributed by atoms with Crippen LogP contribution in [-0.2, 0) is 20.8 Å². The molecule has 1 atom stereocenters. The van der Waals surface area contributed by atoms with Gasteiger partial charge in [-0.15, -0.1) is 11.3 Å². The smallest absolute Gasteiger partial charge is 0.337 e. The molecular weight excluding hydrogens is 314 g/mol. The topological polar surface area (TPSA) is 57.7 Å². The van der Waals surface area contributed by atoms with Gasteiger partial charge in [0, 0.05) is 12.2 Å². The van der Waals surface area contributed by atoms with Crippen LogP contribution in [0.15, 0.2) is 29.8 Å². The van der Waals surface area contributed by atoms with E-state index in [1.807, 2.05) is 12.1 Å². The van der Waals surface area contributed by atoms with Crippen LogP contribution in [0.2, 0.25) is 0 Å². The molecule has 6 heteroatoms. The molecule has 3 rings (SSSR count). The third-order valence-electron chi connectivity index (χ3n) is 3.74. The quantitative estimate of drug-likeness (QED) is 0.782. The normalized spacial score (nSPS) is 17.9. The van der Waals surface area contributed by atoms with Crippen molar-refractivity contribution in [1.29, 1.82) is 0 Å². The number of aromatic nitrogens is 1. The maximum Gasteiger partial charge on any atom is 0.337 e. The molecule has 1 aliphatic rings. The van der Waals surface area contributed by atoms with Crippen LogP contribution < -0.4 is 0 Å². The summed E-state index contributed by atoms with van der Waals surface area (Å²) < 4.78 is 16.2. The van der Waals surface area contributed by atoms with Crippen molar-refractivity contribution < 1.29 is 19.0 Å². The number of nitrogens with zero attached hydrogens (tertiary/aromatic N) is 1. The summed E-state index contributed by atoms with van der Waals surface area (Å²) in [5.41, 5.74) is 4.04. The van der Waals surface area contributed by atoms with Crippen molar-refractivity contribution in [3.8, 4) is 11.3 Å². The maximum absolute atomic E-state index is 11.7. The average molecular weight is 333 g/mol. The number of methoxy groups -OCH3 is 1. The van der Waals surface area contributed by atoms with Gasteiger partial charge < -0.3 is 14.2 Å². The van der Waals surface area contributed by atoms with Crippen molar-refractivity contribution in [3.05, 3.63) is 40.2 Å². The first-order valence-corrected chi connectivity index (χ1v) is 8.50. The Balaban J connectivity index is 1.73. The van der Waals surface area contributed by atoms with E-state index in [1.54, 1.807) is 29.0 Å². The molecule has 0 N–H and O–H groups in total. The highest BCUT2D eigenvalue weighted by Gasteiger charge is 2.17. The van der Waals surface area contributed by atoms with Gasteiger partial charge in [-0.2, -0.15) is 0 Å². The van der Waals surface area contributed by atoms with E-state index in [0.29, 0.717) is 12.2 Å². The van der Waals surface area contributed by atoms with Crippen molar-refractivity contribution in [1.82, 2.24) is 4.98 Å². The van der Waals surface area contributed by atoms with Gasteiger partial charge in [0.25, 0.3) is 0 Å². The summed E-state index contributed by atoms with van der Waals surface area (Å²) in [4.78, 5) is 17.1. The van der Waals surface area contributed by atoms with Crippen LogP contribution in [0.1, 0.15) is 34.5 Å². The van der Waals surface area contributed by atoms with E-state index in [9.17, 15) is 4.79 Å². The molecule has 0 spiro atoms. The number of hydrogen-bond acceptors (Lipinski definition) is 6. The zero-order valence-electron chi connectivity index (χ0n) is 13.0. The Labute approximate surface area is 139 Å². The number of carbonyl (C=O) groups excluding carboxylic acids is 1. The van der Waals surface area contributed by atoms with Crippen LogP contribution in [0.25, 0.3) is 11.3 Å². The van der Waals surface area contributed by atoms with Gasteiger partial charge in [0.15, 0.2) is 6.29 Å². The maximum atomic E-state index is 11.7. The fourth-order valence-electron chi connectivity index (χ4n) is 2.53. The molecule has 1 saturated heterocycles. The Hall–Kier alpha value is -1.76. The van der Waals surface area contributed by atoms with Gasteiger partial charge in [-0.05, 0) is 31.4 Å². The molecule has 0 bridgehead atoms. The Morgan fingerprint density at radius 1 is 1.43 bits per heavy atom. The van der Waals surface area contributed by atoms with Crippen molar-refractivity contribution in [2.75, 3.05) is 13.7 Å². The number of hydrogen-bond donors (Lipinski definition) is 0. The lowest BCUT2D eigenvalue weighted by atomic mass is 10.1. The molecule has 1 aromatic carbocycles. The number of rotatable bonds is 5. The predicted molar refractivity (Wildman–Crippen MR) is 87.3 cm³/mol. The van der Waals surface area contributed by atoms with Crippen LogP contribution in [-0.4, -0.2) is 31.0 Å². The van der Waals surface area contributed by atoms with E-state index in [1.165, 1.54) is 7.11 Å². The number of esters is 1.